The lowest BCUT2D eigenvalue weighted by Gasteiger charge is -2.11. The van der Waals surface area contributed by atoms with Crippen LogP contribution in [-0.4, -0.2) is 17.1 Å². The van der Waals surface area contributed by atoms with Crippen LogP contribution in [0.25, 0.3) is 0 Å². The summed E-state index contributed by atoms with van der Waals surface area (Å²) in [5.41, 5.74) is 8.96. The molecule has 0 aliphatic carbocycles. The summed E-state index contributed by atoms with van der Waals surface area (Å²) in [5, 5.41) is 0. The highest BCUT2D eigenvalue weighted by atomic mass is 16.5. The Morgan fingerprint density at radius 1 is 1.28 bits per heavy atom. The van der Waals surface area contributed by atoms with E-state index in [2.05, 4.69) is 9.97 Å². The van der Waals surface area contributed by atoms with Gasteiger partial charge in [0.25, 0.3) is 0 Å². The van der Waals surface area contributed by atoms with E-state index < -0.39 is 0 Å². The highest BCUT2D eigenvalue weighted by Crippen LogP contribution is 2.18. The highest BCUT2D eigenvalue weighted by Gasteiger charge is 2.09. The molecule has 0 spiro atoms. The summed E-state index contributed by atoms with van der Waals surface area (Å²) in [6.45, 7) is 1.91. The van der Waals surface area contributed by atoms with Crippen LogP contribution in [0.2, 0.25) is 0 Å². The summed E-state index contributed by atoms with van der Waals surface area (Å²) in [7, 11) is 1.66. The van der Waals surface area contributed by atoms with E-state index in [-0.39, 0.29) is 6.04 Å². The Hall–Kier alpha value is -1.94. The molecule has 1 atom stereocenters. The molecule has 18 heavy (non-hydrogen) atoms. The van der Waals surface area contributed by atoms with Gasteiger partial charge >= 0.3 is 0 Å². The predicted octanol–water partition coefficient (Wildman–Crippen LogP) is 2.04. The lowest BCUT2D eigenvalue weighted by atomic mass is 10.0. The second-order valence-electron chi connectivity index (χ2n) is 4.24. The van der Waals surface area contributed by atoms with Crippen molar-refractivity contribution in [3.8, 4) is 5.75 Å². The van der Waals surface area contributed by atoms with E-state index in [1.54, 1.807) is 19.5 Å². The Kier molecular flexibility index (Phi) is 3.89. The van der Waals surface area contributed by atoms with Crippen LogP contribution in [0.1, 0.15) is 23.0 Å². The number of aryl methyl sites for hydroxylation is 1. The van der Waals surface area contributed by atoms with Crippen molar-refractivity contribution in [2.24, 2.45) is 5.73 Å². The lowest BCUT2D eigenvalue weighted by Crippen LogP contribution is -2.15. The van der Waals surface area contributed by atoms with Crippen LogP contribution in [0.4, 0.5) is 0 Å². The zero-order chi connectivity index (χ0) is 13.0. The maximum atomic E-state index is 6.13. The van der Waals surface area contributed by atoms with Crippen LogP contribution < -0.4 is 10.5 Å². The molecule has 0 radical (unpaired) electrons. The quantitative estimate of drug-likeness (QED) is 0.892. The van der Waals surface area contributed by atoms with Gasteiger partial charge in [0, 0.05) is 6.20 Å². The molecule has 1 heterocycles. The molecule has 0 saturated heterocycles. The summed E-state index contributed by atoms with van der Waals surface area (Å²) in [6.07, 6.45) is 4.19. The molecule has 1 unspecified atom stereocenters. The van der Waals surface area contributed by atoms with Gasteiger partial charge in [0.05, 0.1) is 30.7 Å². The molecule has 4 heteroatoms. The summed E-state index contributed by atoms with van der Waals surface area (Å²) < 4.78 is 5.19. The van der Waals surface area contributed by atoms with Crippen LogP contribution in [0.5, 0.6) is 5.75 Å². The van der Waals surface area contributed by atoms with Crippen molar-refractivity contribution in [1.82, 2.24) is 9.97 Å². The van der Waals surface area contributed by atoms with Crippen LogP contribution in [0.15, 0.2) is 36.7 Å². The van der Waals surface area contributed by atoms with Gasteiger partial charge in [-0.15, -0.1) is 0 Å². The number of rotatable bonds is 4. The third-order valence-electron chi connectivity index (χ3n) is 2.77. The molecule has 0 saturated carbocycles. The van der Waals surface area contributed by atoms with Gasteiger partial charge in [-0.05, 0) is 31.0 Å². The van der Waals surface area contributed by atoms with Gasteiger partial charge in [-0.1, -0.05) is 12.1 Å². The fourth-order valence-electron chi connectivity index (χ4n) is 1.75. The Bertz CT molecular complexity index is 511. The second kappa shape index (κ2) is 5.60. The molecule has 0 aliphatic rings. The number of hydrogen-bond donors (Lipinski definition) is 1. The number of methoxy groups -OCH3 is 1. The summed E-state index contributed by atoms with van der Waals surface area (Å²) in [4.78, 5) is 8.51. The molecule has 1 aromatic heterocycles. The molecular formula is C14H17N3O. The van der Waals surface area contributed by atoms with Gasteiger partial charge in [-0.2, -0.15) is 0 Å². The molecule has 0 aliphatic heterocycles. The lowest BCUT2D eigenvalue weighted by molar-refractivity contribution is 0.414. The molecule has 2 N–H and O–H groups in total. The van der Waals surface area contributed by atoms with Crippen LogP contribution >= 0.6 is 0 Å². The van der Waals surface area contributed by atoms with Crippen LogP contribution in [0, 0.1) is 6.92 Å². The second-order valence-corrected chi connectivity index (χ2v) is 4.24. The third kappa shape index (κ3) is 3.05. The average molecular weight is 243 g/mol. The minimum absolute atomic E-state index is 0.148. The van der Waals surface area contributed by atoms with Crippen molar-refractivity contribution in [3.63, 3.8) is 0 Å². The van der Waals surface area contributed by atoms with Crippen molar-refractivity contribution >= 4 is 0 Å². The summed E-state index contributed by atoms with van der Waals surface area (Å²) in [6, 6.07) is 7.75. The Balaban J connectivity index is 2.10. The molecule has 0 amide bonds. The molecule has 1 aromatic carbocycles. The van der Waals surface area contributed by atoms with Gasteiger partial charge in [-0.3, -0.25) is 9.97 Å². The third-order valence-corrected chi connectivity index (χ3v) is 2.77. The molecule has 94 valence electrons. The Morgan fingerprint density at radius 3 is 2.78 bits per heavy atom. The molecule has 0 fully saturated rings. The minimum Gasteiger partial charge on any atom is -0.497 e. The molecule has 4 nitrogen and oxygen atoms in total. The smallest absolute Gasteiger partial charge is 0.119 e. The van der Waals surface area contributed by atoms with E-state index in [9.17, 15) is 0 Å². The largest absolute Gasteiger partial charge is 0.497 e. The van der Waals surface area contributed by atoms with Crippen molar-refractivity contribution in [1.29, 1.82) is 0 Å². The fraction of sp³-hybridized carbons (Fsp3) is 0.286. The van der Waals surface area contributed by atoms with Gasteiger partial charge in [0.1, 0.15) is 5.75 Å². The standard InChI is InChI=1S/C14H17N3O/c1-10-8-17-14(9-16-10)13(15)7-11-4-3-5-12(6-11)18-2/h3-6,8-9,13H,7,15H2,1-2H3. The van der Waals surface area contributed by atoms with E-state index in [4.69, 9.17) is 10.5 Å². The first-order valence-corrected chi connectivity index (χ1v) is 5.86. The van der Waals surface area contributed by atoms with E-state index in [0.717, 1.165) is 29.1 Å². The first kappa shape index (κ1) is 12.5. The normalized spacial score (nSPS) is 12.2. The Labute approximate surface area is 107 Å². The zero-order valence-corrected chi connectivity index (χ0v) is 10.6. The zero-order valence-electron chi connectivity index (χ0n) is 10.6. The van der Waals surface area contributed by atoms with Gasteiger partial charge in [-0.25, -0.2) is 0 Å². The van der Waals surface area contributed by atoms with Crippen LogP contribution in [-0.2, 0) is 6.42 Å². The number of benzene rings is 1. The van der Waals surface area contributed by atoms with Gasteiger partial charge < -0.3 is 10.5 Å². The highest BCUT2D eigenvalue weighted by molar-refractivity contribution is 5.29. The SMILES string of the molecule is COc1cccc(CC(N)c2cnc(C)cn2)c1. The van der Waals surface area contributed by atoms with E-state index >= 15 is 0 Å². The maximum Gasteiger partial charge on any atom is 0.119 e. The minimum atomic E-state index is -0.148. The van der Waals surface area contributed by atoms with Crippen LogP contribution in [0.3, 0.4) is 0 Å². The number of ether oxygens (including phenoxy) is 1. The number of nitrogens with zero attached hydrogens (tertiary/aromatic N) is 2. The first-order chi connectivity index (χ1) is 8.69. The van der Waals surface area contributed by atoms with Crippen molar-refractivity contribution < 1.29 is 4.74 Å². The first-order valence-electron chi connectivity index (χ1n) is 5.86. The summed E-state index contributed by atoms with van der Waals surface area (Å²) >= 11 is 0. The molecular weight excluding hydrogens is 226 g/mol. The predicted molar refractivity (Wildman–Crippen MR) is 70.4 cm³/mol. The number of hydrogen-bond acceptors (Lipinski definition) is 4. The molecule has 0 bridgehead atoms. The van der Waals surface area contributed by atoms with E-state index in [1.807, 2.05) is 31.2 Å². The van der Waals surface area contributed by atoms with Gasteiger partial charge in [0.15, 0.2) is 0 Å². The van der Waals surface area contributed by atoms with Crippen molar-refractivity contribution in [2.75, 3.05) is 7.11 Å². The number of nitrogens with two attached hydrogens (primary N) is 1. The summed E-state index contributed by atoms with van der Waals surface area (Å²) in [5.74, 6) is 0.842. The molecule has 2 rings (SSSR count). The Morgan fingerprint density at radius 2 is 2.11 bits per heavy atom. The topological polar surface area (TPSA) is 61.0 Å². The van der Waals surface area contributed by atoms with Gasteiger partial charge in [0.2, 0.25) is 0 Å². The van der Waals surface area contributed by atoms with Crippen molar-refractivity contribution in [3.05, 3.63) is 53.6 Å². The van der Waals surface area contributed by atoms with E-state index in [1.165, 1.54) is 0 Å². The fourth-order valence-corrected chi connectivity index (χ4v) is 1.75. The van der Waals surface area contributed by atoms with E-state index in [0.29, 0.717) is 0 Å². The molecule has 2 aromatic rings. The maximum absolute atomic E-state index is 6.13. The van der Waals surface area contributed by atoms with Crippen molar-refractivity contribution in [2.45, 2.75) is 19.4 Å². The number of aromatic nitrogens is 2. The average Bonchev–Trinajstić information content (AvgIpc) is 2.39. The monoisotopic (exact) mass is 243 g/mol.